The standard InChI is InChI=1S/C15H18ClN3O2/c1-21-8-2-7-17-15(20)13-5-3-12(4-6-13)10-19-11-14(16)9-18-19/h3-6,9,11H,2,7-8,10H2,1H3,(H,17,20). The van der Waals surface area contributed by atoms with Crippen LogP contribution in [0.15, 0.2) is 36.7 Å². The van der Waals surface area contributed by atoms with Crippen molar-refractivity contribution in [1.29, 1.82) is 0 Å². The molecule has 21 heavy (non-hydrogen) atoms. The average molecular weight is 308 g/mol. The second-order valence-corrected chi connectivity index (χ2v) is 5.09. The molecule has 0 aliphatic carbocycles. The Labute approximate surface area is 128 Å². The molecule has 2 aromatic rings. The van der Waals surface area contributed by atoms with E-state index in [0.29, 0.717) is 30.3 Å². The smallest absolute Gasteiger partial charge is 0.251 e. The maximum Gasteiger partial charge on any atom is 0.251 e. The van der Waals surface area contributed by atoms with Crippen LogP contribution in [-0.4, -0.2) is 35.9 Å². The number of methoxy groups -OCH3 is 1. The van der Waals surface area contributed by atoms with E-state index in [1.165, 1.54) is 0 Å². The molecule has 0 radical (unpaired) electrons. The van der Waals surface area contributed by atoms with Gasteiger partial charge in [0.1, 0.15) is 0 Å². The largest absolute Gasteiger partial charge is 0.385 e. The lowest BCUT2D eigenvalue weighted by molar-refractivity contribution is 0.0948. The van der Waals surface area contributed by atoms with Crippen molar-refractivity contribution >= 4 is 17.5 Å². The van der Waals surface area contributed by atoms with Gasteiger partial charge in [0.2, 0.25) is 0 Å². The van der Waals surface area contributed by atoms with Gasteiger partial charge in [-0.15, -0.1) is 0 Å². The molecule has 0 fully saturated rings. The van der Waals surface area contributed by atoms with Crippen LogP contribution in [0.5, 0.6) is 0 Å². The molecule has 112 valence electrons. The number of carbonyl (C=O) groups is 1. The van der Waals surface area contributed by atoms with Gasteiger partial charge in [-0.1, -0.05) is 23.7 Å². The molecule has 1 amide bonds. The number of carbonyl (C=O) groups excluding carboxylic acids is 1. The molecule has 0 saturated carbocycles. The van der Waals surface area contributed by atoms with Crippen molar-refractivity contribution in [3.8, 4) is 0 Å². The third-order valence-electron chi connectivity index (χ3n) is 2.97. The topological polar surface area (TPSA) is 56.1 Å². The van der Waals surface area contributed by atoms with Crippen molar-refractivity contribution in [2.24, 2.45) is 0 Å². The van der Waals surface area contributed by atoms with Crippen LogP contribution >= 0.6 is 11.6 Å². The molecule has 0 atom stereocenters. The second kappa shape index (κ2) is 7.81. The third kappa shape index (κ3) is 4.88. The number of rotatable bonds is 7. The van der Waals surface area contributed by atoms with E-state index in [1.54, 1.807) is 24.2 Å². The minimum absolute atomic E-state index is 0.0696. The summed E-state index contributed by atoms with van der Waals surface area (Å²) in [6, 6.07) is 7.46. The number of amides is 1. The van der Waals surface area contributed by atoms with E-state index in [1.807, 2.05) is 24.3 Å². The first kappa shape index (κ1) is 15.5. The number of aromatic nitrogens is 2. The maximum absolute atomic E-state index is 11.9. The van der Waals surface area contributed by atoms with Crippen molar-refractivity contribution in [2.75, 3.05) is 20.3 Å². The lowest BCUT2D eigenvalue weighted by atomic mass is 10.1. The fourth-order valence-corrected chi connectivity index (χ4v) is 2.05. The lowest BCUT2D eigenvalue weighted by Gasteiger charge is -2.06. The Kier molecular flexibility index (Phi) is 5.78. The zero-order valence-electron chi connectivity index (χ0n) is 11.9. The molecule has 2 rings (SSSR count). The summed E-state index contributed by atoms with van der Waals surface area (Å²) in [6.07, 6.45) is 4.17. The summed E-state index contributed by atoms with van der Waals surface area (Å²) in [5.41, 5.74) is 1.71. The Morgan fingerprint density at radius 3 is 2.76 bits per heavy atom. The van der Waals surface area contributed by atoms with Gasteiger partial charge in [0.25, 0.3) is 5.91 Å². The highest BCUT2D eigenvalue weighted by atomic mass is 35.5. The van der Waals surface area contributed by atoms with E-state index < -0.39 is 0 Å². The first-order chi connectivity index (χ1) is 10.2. The lowest BCUT2D eigenvalue weighted by Crippen LogP contribution is -2.25. The van der Waals surface area contributed by atoms with Gasteiger partial charge in [0, 0.05) is 32.0 Å². The summed E-state index contributed by atoms with van der Waals surface area (Å²) in [4.78, 5) is 11.9. The molecule has 1 N–H and O–H groups in total. The van der Waals surface area contributed by atoms with Gasteiger partial charge in [-0.2, -0.15) is 5.10 Å². The highest BCUT2D eigenvalue weighted by molar-refractivity contribution is 6.30. The van der Waals surface area contributed by atoms with E-state index in [9.17, 15) is 4.79 Å². The predicted octanol–water partition coefficient (Wildman–Crippen LogP) is 2.35. The summed E-state index contributed by atoms with van der Waals surface area (Å²) >= 11 is 5.82. The molecule has 1 heterocycles. The van der Waals surface area contributed by atoms with Crippen LogP contribution in [0, 0.1) is 0 Å². The maximum atomic E-state index is 11.9. The quantitative estimate of drug-likeness (QED) is 0.799. The van der Waals surface area contributed by atoms with Gasteiger partial charge in [-0.3, -0.25) is 9.48 Å². The van der Waals surface area contributed by atoms with Crippen molar-refractivity contribution < 1.29 is 9.53 Å². The number of hydrogen-bond acceptors (Lipinski definition) is 3. The number of hydrogen-bond donors (Lipinski definition) is 1. The number of ether oxygens (including phenoxy) is 1. The minimum Gasteiger partial charge on any atom is -0.385 e. The van der Waals surface area contributed by atoms with Crippen LogP contribution in [0.1, 0.15) is 22.3 Å². The van der Waals surface area contributed by atoms with Crippen molar-refractivity contribution in [3.05, 3.63) is 52.8 Å². The monoisotopic (exact) mass is 307 g/mol. The molecule has 0 unspecified atom stereocenters. The molecule has 5 nitrogen and oxygen atoms in total. The fraction of sp³-hybridized carbons (Fsp3) is 0.333. The van der Waals surface area contributed by atoms with Gasteiger partial charge in [0.05, 0.1) is 17.8 Å². The Morgan fingerprint density at radius 1 is 1.38 bits per heavy atom. The fourth-order valence-electron chi connectivity index (χ4n) is 1.89. The van der Waals surface area contributed by atoms with Gasteiger partial charge >= 0.3 is 0 Å². The Bertz CT molecular complexity index is 581. The molecular weight excluding hydrogens is 290 g/mol. The molecule has 0 spiro atoms. The van der Waals surface area contributed by atoms with Crippen LogP contribution in [0.2, 0.25) is 5.02 Å². The van der Waals surface area contributed by atoms with Crippen molar-refractivity contribution in [2.45, 2.75) is 13.0 Å². The Balaban J connectivity index is 1.87. The first-order valence-electron chi connectivity index (χ1n) is 6.73. The third-order valence-corrected chi connectivity index (χ3v) is 3.17. The van der Waals surface area contributed by atoms with Crippen LogP contribution in [-0.2, 0) is 11.3 Å². The molecule has 0 aliphatic rings. The second-order valence-electron chi connectivity index (χ2n) is 4.66. The summed E-state index contributed by atoms with van der Waals surface area (Å²) in [5.74, 6) is -0.0696. The molecule has 1 aromatic carbocycles. The summed E-state index contributed by atoms with van der Waals surface area (Å²) in [7, 11) is 1.65. The SMILES string of the molecule is COCCCNC(=O)c1ccc(Cn2cc(Cl)cn2)cc1. The molecule has 6 heteroatoms. The molecule has 1 aromatic heterocycles. The Morgan fingerprint density at radius 2 is 2.14 bits per heavy atom. The van der Waals surface area contributed by atoms with Gasteiger partial charge < -0.3 is 10.1 Å². The highest BCUT2D eigenvalue weighted by Crippen LogP contribution is 2.09. The highest BCUT2D eigenvalue weighted by Gasteiger charge is 2.05. The number of nitrogens with zero attached hydrogens (tertiary/aromatic N) is 2. The zero-order valence-corrected chi connectivity index (χ0v) is 12.6. The first-order valence-corrected chi connectivity index (χ1v) is 7.11. The molecule has 0 bridgehead atoms. The normalized spacial score (nSPS) is 10.6. The van der Waals surface area contributed by atoms with E-state index in [0.717, 1.165) is 12.0 Å². The van der Waals surface area contributed by atoms with Crippen molar-refractivity contribution in [1.82, 2.24) is 15.1 Å². The minimum atomic E-state index is -0.0696. The molecular formula is C15H18ClN3O2. The Hall–Kier alpha value is -1.85. The van der Waals surface area contributed by atoms with Crippen LogP contribution < -0.4 is 5.32 Å². The van der Waals surface area contributed by atoms with Crippen molar-refractivity contribution in [3.63, 3.8) is 0 Å². The summed E-state index contributed by atoms with van der Waals surface area (Å²) in [5, 5.41) is 7.59. The van der Waals surface area contributed by atoms with Gasteiger partial charge in [-0.25, -0.2) is 0 Å². The average Bonchev–Trinajstić information content (AvgIpc) is 2.89. The van der Waals surface area contributed by atoms with Crippen LogP contribution in [0.4, 0.5) is 0 Å². The van der Waals surface area contributed by atoms with Gasteiger partial charge in [-0.05, 0) is 24.1 Å². The number of nitrogens with one attached hydrogen (secondary N) is 1. The van der Waals surface area contributed by atoms with Crippen LogP contribution in [0.25, 0.3) is 0 Å². The molecule has 0 saturated heterocycles. The summed E-state index contributed by atoms with van der Waals surface area (Å²) < 4.78 is 6.69. The number of benzene rings is 1. The summed E-state index contributed by atoms with van der Waals surface area (Å²) in [6.45, 7) is 1.88. The molecule has 0 aliphatic heterocycles. The number of halogens is 1. The van der Waals surface area contributed by atoms with E-state index in [4.69, 9.17) is 16.3 Å². The van der Waals surface area contributed by atoms with E-state index in [2.05, 4.69) is 10.4 Å². The van der Waals surface area contributed by atoms with E-state index in [-0.39, 0.29) is 5.91 Å². The van der Waals surface area contributed by atoms with Gasteiger partial charge in [0.15, 0.2) is 0 Å². The van der Waals surface area contributed by atoms with Crippen LogP contribution in [0.3, 0.4) is 0 Å². The predicted molar refractivity (Wildman–Crippen MR) is 81.6 cm³/mol. The zero-order chi connectivity index (χ0) is 15.1. The van der Waals surface area contributed by atoms with E-state index >= 15 is 0 Å².